The first-order chi connectivity index (χ1) is 4.70. The number of hydrogen-bond acceptors (Lipinski definition) is 1. The molecule has 2 heteroatoms. The highest BCUT2D eigenvalue weighted by Crippen LogP contribution is 2.13. The van der Waals surface area contributed by atoms with Crippen LogP contribution in [0.3, 0.4) is 0 Å². The smallest absolute Gasteiger partial charge is 0.222 e. The monoisotopic (exact) mass is 141 g/mol. The molecule has 1 amide bonds. The molecule has 58 valence electrons. The Bertz CT molecular complexity index is 122. The third-order valence-electron chi connectivity index (χ3n) is 1.53. The molecule has 0 N–H and O–H groups in total. The second kappa shape index (κ2) is 4.09. The zero-order valence-corrected chi connectivity index (χ0v) is 6.76. The Morgan fingerprint density at radius 1 is 1.60 bits per heavy atom. The molecule has 1 heterocycles. The average molecular weight is 141 g/mol. The number of carbonyl (C=O) groups is 1. The first kappa shape index (κ1) is 9.21. The topological polar surface area (TPSA) is 20.3 Å². The molecule has 1 rings (SSSR count). The molecule has 1 aliphatic heterocycles. The highest BCUT2D eigenvalue weighted by atomic mass is 16.2. The van der Waals surface area contributed by atoms with Crippen LogP contribution < -0.4 is 0 Å². The molecule has 1 aliphatic rings. The van der Waals surface area contributed by atoms with Gasteiger partial charge >= 0.3 is 0 Å². The van der Waals surface area contributed by atoms with Gasteiger partial charge in [-0.25, -0.2) is 0 Å². The van der Waals surface area contributed by atoms with Crippen LogP contribution in [-0.2, 0) is 4.79 Å². The van der Waals surface area contributed by atoms with E-state index in [1.807, 2.05) is 7.05 Å². The average Bonchev–Trinajstić information content (AvgIpc) is 2.16. The third-order valence-corrected chi connectivity index (χ3v) is 1.53. The van der Waals surface area contributed by atoms with Crippen LogP contribution in [0.15, 0.2) is 13.2 Å². The van der Waals surface area contributed by atoms with E-state index in [1.165, 1.54) is 0 Å². The van der Waals surface area contributed by atoms with Gasteiger partial charge in [-0.15, -0.1) is 13.2 Å². The molecule has 1 fully saturated rings. The molecule has 0 saturated carbocycles. The minimum Gasteiger partial charge on any atom is -0.345 e. The fourth-order valence-corrected chi connectivity index (χ4v) is 1.09. The van der Waals surface area contributed by atoms with Crippen LogP contribution in [0.4, 0.5) is 0 Å². The molecule has 10 heavy (non-hydrogen) atoms. The number of carbonyl (C=O) groups excluding carboxylic acids is 1. The second-order valence-electron chi connectivity index (χ2n) is 2.58. The highest BCUT2D eigenvalue weighted by molar-refractivity contribution is 5.78. The Morgan fingerprint density at radius 2 is 2.10 bits per heavy atom. The number of rotatable bonds is 0. The molecule has 2 nitrogen and oxygen atoms in total. The van der Waals surface area contributed by atoms with Crippen molar-refractivity contribution in [1.82, 2.24) is 4.90 Å². The molecule has 1 unspecified atom stereocenters. The summed E-state index contributed by atoms with van der Waals surface area (Å²) in [5, 5.41) is 0. The predicted octanol–water partition coefficient (Wildman–Crippen LogP) is 1.29. The van der Waals surface area contributed by atoms with E-state index in [4.69, 9.17) is 0 Å². The molecule has 0 aromatic heterocycles. The molecule has 1 atom stereocenters. The van der Waals surface area contributed by atoms with Gasteiger partial charge in [0.1, 0.15) is 0 Å². The van der Waals surface area contributed by atoms with Gasteiger partial charge in [0.15, 0.2) is 0 Å². The van der Waals surface area contributed by atoms with Gasteiger partial charge in [0.05, 0.1) is 0 Å². The van der Waals surface area contributed by atoms with E-state index >= 15 is 0 Å². The summed E-state index contributed by atoms with van der Waals surface area (Å²) in [6, 6.07) is 0. The minimum atomic E-state index is 0.289. The molecule has 0 aromatic rings. The summed E-state index contributed by atoms with van der Waals surface area (Å²) < 4.78 is 0. The van der Waals surface area contributed by atoms with E-state index in [2.05, 4.69) is 20.1 Å². The summed E-state index contributed by atoms with van der Waals surface area (Å²) in [6.45, 7) is 9.04. The lowest BCUT2D eigenvalue weighted by molar-refractivity contribution is -0.126. The van der Waals surface area contributed by atoms with Gasteiger partial charge < -0.3 is 4.90 Å². The lowest BCUT2D eigenvalue weighted by Gasteiger charge is -2.04. The van der Waals surface area contributed by atoms with E-state index in [-0.39, 0.29) is 5.91 Å². The van der Waals surface area contributed by atoms with Crippen LogP contribution in [-0.4, -0.2) is 24.4 Å². The molecule has 0 radical (unpaired) electrons. The Kier molecular flexibility index (Phi) is 3.77. The summed E-state index contributed by atoms with van der Waals surface area (Å²) >= 11 is 0. The van der Waals surface area contributed by atoms with Crippen molar-refractivity contribution in [2.45, 2.75) is 13.3 Å². The Labute approximate surface area is 62.5 Å². The summed E-state index contributed by atoms with van der Waals surface area (Å²) in [4.78, 5) is 12.5. The Balaban J connectivity index is 0.000000371. The summed E-state index contributed by atoms with van der Waals surface area (Å²) in [5.74, 6) is 0.866. The van der Waals surface area contributed by atoms with E-state index in [9.17, 15) is 4.79 Å². The fraction of sp³-hybridized carbons (Fsp3) is 0.625. The quantitative estimate of drug-likeness (QED) is 0.465. The standard InChI is InChI=1S/C6H11NO.C2H4/c1-5-3-6(8)7(2)4-5;1-2/h5H,3-4H2,1-2H3;1-2H2. The lowest BCUT2D eigenvalue weighted by atomic mass is 10.2. The van der Waals surface area contributed by atoms with Crippen molar-refractivity contribution in [1.29, 1.82) is 0 Å². The molecule has 0 bridgehead atoms. The van der Waals surface area contributed by atoms with Gasteiger partial charge in [-0.05, 0) is 5.92 Å². The van der Waals surface area contributed by atoms with E-state index in [0.29, 0.717) is 5.92 Å². The summed E-state index contributed by atoms with van der Waals surface area (Å²) in [6.07, 6.45) is 0.747. The van der Waals surface area contributed by atoms with Crippen molar-refractivity contribution in [2.75, 3.05) is 13.6 Å². The van der Waals surface area contributed by atoms with Gasteiger partial charge in [0.2, 0.25) is 5.91 Å². The van der Waals surface area contributed by atoms with E-state index < -0.39 is 0 Å². The molecule has 0 spiro atoms. The van der Waals surface area contributed by atoms with Crippen LogP contribution in [0.1, 0.15) is 13.3 Å². The second-order valence-corrected chi connectivity index (χ2v) is 2.58. The van der Waals surface area contributed by atoms with Gasteiger partial charge in [0, 0.05) is 20.0 Å². The molecule has 0 aromatic carbocycles. The maximum absolute atomic E-state index is 10.7. The maximum Gasteiger partial charge on any atom is 0.222 e. The zero-order chi connectivity index (χ0) is 8.15. The minimum absolute atomic E-state index is 0.289. The Morgan fingerprint density at radius 3 is 2.20 bits per heavy atom. The number of nitrogens with zero attached hydrogens (tertiary/aromatic N) is 1. The predicted molar refractivity (Wildman–Crippen MR) is 42.7 cm³/mol. The number of amides is 1. The van der Waals surface area contributed by atoms with Crippen molar-refractivity contribution in [3.63, 3.8) is 0 Å². The van der Waals surface area contributed by atoms with Crippen LogP contribution in [0.2, 0.25) is 0 Å². The summed E-state index contributed by atoms with van der Waals surface area (Å²) in [5.41, 5.74) is 0. The van der Waals surface area contributed by atoms with Crippen molar-refractivity contribution in [3.8, 4) is 0 Å². The van der Waals surface area contributed by atoms with Crippen molar-refractivity contribution in [2.24, 2.45) is 5.92 Å². The van der Waals surface area contributed by atoms with Gasteiger partial charge in [0.25, 0.3) is 0 Å². The largest absolute Gasteiger partial charge is 0.345 e. The number of hydrogen-bond donors (Lipinski definition) is 0. The van der Waals surface area contributed by atoms with Gasteiger partial charge in [-0.2, -0.15) is 0 Å². The van der Waals surface area contributed by atoms with Crippen LogP contribution >= 0.6 is 0 Å². The lowest BCUT2D eigenvalue weighted by Crippen LogP contribution is -2.18. The molecule has 0 aliphatic carbocycles. The first-order valence-electron chi connectivity index (χ1n) is 3.44. The van der Waals surface area contributed by atoms with Crippen LogP contribution in [0, 0.1) is 5.92 Å². The maximum atomic E-state index is 10.7. The van der Waals surface area contributed by atoms with Gasteiger partial charge in [-0.1, -0.05) is 6.92 Å². The van der Waals surface area contributed by atoms with E-state index in [0.717, 1.165) is 13.0 Å². The molecule has 1 saturated heterocycles. The third kappa shape index (κ3) is 2.21. The fourth-order valence-electron chi connectivity index (χ4n) is 1.09. The van der Waals surface area contributed by atoms with E-state index in [1.54, 1.807) is 4.90 Å². The number of likely N-dealkylation sites (tertiary alicyclic amines) is 1. The Hall–Kier alpha value is -0.790. The van der Waals surface area contributed by atoms with Crippen molar-refractivity contribution < 1.29 is 4.79 Å². The van der Waals surface area contributed by atoms with Crippen molar-refractivity contribution in [3.05, 3.63) is 13.2 Å². The van der Waals surface area contributed by atoms with Crippen molar-refractivity contribution >= 4 is 5.91 Å². The van der Waals surface area contributed by atoms with Crippen LogP contribution in [0.5, 0.6) is 0 Å². The van der Waals surface area contributed by atoms with Gasteiger partial charge in [-0.3, -0.25) is 4.79 Å². The SMILES string of the molecule is C=C.CC1CC(=O)N(C)C1. The molecular formula is C8H15NO. The van der Waals surface area contributed by atoms with Crippen LogP contribution in [0.25, 0.3) is 0 Å². The zero-order valence-electron chi connectivity index (χ0n) is 6.76. The molecular weight excluding hydrogens is 126 g/mol. The summed E-state index contributed by atoms with van der Waals surface area (Å²) in [7, 11) is 1.85. The first-order valence-corrected chi connectivity index (χ1v) is 3.44. The normalized spacial score (nSPS) is 24.0. The highest BCUT2D eigenvalue weighted by Gasteiger charge is 2.22.